The second-order valence-electron chi connectivity index (χ2n) is 6.38. The topological polar surface area (TPSA) is 67.9 Å². The minimum absolute atomic E-state index is 0.0772. The van der Waals surface area contributed by atoms with E-state index in [1.807, 2.05) is 54.3 Å². The molecule has 7 heteroatoms. The van der Waals surface area contributed by atoms with Gasteiger partial charge >= 0.3 is 0 Å². The number of amides is 2. The molecule has 0 fully saturated rings. The molecule has 2 aromatic rings. The van der Waals surface area contributed by atoms with Gasteiger partial charge in [0, 0.05) is 30.6 Å². The monoisotopic (exact) mass is 400 g/mol. The molecule has 1 aliphatic heterocycles. The van der Waals surface area contributed by atoms with Crippen molar-refractivity contribution in [3.05, 3.63) is 48.0 Å². The van der Waals surface area contributed by atoms with Crippen molar-refractivity contribution in [2.45, 2.75) is 25.3 Å². The summed E-state index contributed by atoms with van der Waals surface area (Å²) in [5.74, 6) is 1.82. The van der Waals surface area contributed by atoms with E-state index in [1.54, 1.807) is 0 Å². The van der Waals surface area contributed by atoms with E-state index in [-0.39, 0.29) is 11.8 Å². The smallest absolute Gasteiger partial charge is 0.233 e. The van der Waals surface area contributed by atoms with Crippen molar-refractivity contribution in [3.63, 3.8) is 0 Å². The predicted octanol–water partition coefficient (Wildman–Crippen LogP) is 3.56. The Morgan fingerprint density at radius 1 is 1.07 bits per heavy atom. The predicted molar refractivity (Wildman–Crippen MR) is 110 cm³/mol. The van der Waals surface area contributed by atoms with Crippen LogP contribution in [0.15, 0.2) is 47.4 Å². The molecule has 0 saturated heterocycles. The SMILES string of the molecule is CCN(Cc1ccc2c(c1)OCCO2)C(=O)CSc1ccc(NC(C)=O)cc1. The van der Waals surface area contributed by atoms with Crippen LogP contribution in [0.1, 0.15) is 19.4 Å². The van der Waals surface area contributed by atoms with E-state index in [4.69, 9.17) is 9.47 Å². The molecule has 0 radical (unpaired) electrons. The van der Waals surface area contributed by atoms with Gasteiger partial charge in [-0.3, -0.25) is 9.59 Å². The van der Waals surface area contributed by atoms with Gasteiger partial charge in [0.25, 0.3) is 0 Å². The maximum Gasteiger partial charge on any atom is 0.233 e. The first kappa shape index (κ1) is 20.1. The molecule has 0 aliphatic carbocycles. The largest absolute Gasteiger partial charge is 0.486 e. The average molecular weight is 401 g/mol. The third kappa shape index (κ3) is 5.42. The quantitative estimate of drug-likeness (QED) is 0.720. The highest BCUT2D eigenvalue weighted by Crippen LogP contribution is 2.31. The van der Waals surface area contributed by atoms with Crippen LogP contribution in [0.3, 0.4) is 0 Å². The number of carbonyl (C=O) groups excluding carboxylic acids is 2. The molecule has 0 aromatic heterocycles. The number of carbonyl (C=O) groups is 2. The molecule has 28 heavy (non-hydrogen) atoms. The normalized spacial score (nSPS) is 12.4. The summed E-state index contributed by atoms with van der Waals surface area (Å²) in [6, 6.07) is 13.3. The minimum Gasteiger partial charge on any atom is -0.486 e. The Morgan fingerprint density at radius 3 is 2.46 bits per heavy atom. The van der Waals surface area contributed by atoms with Gasteiger partial charge in [-0.1, -0.05) is 6.07 Å². The van der Waals surface area contributed by atoms with Crippen molar-refractivity contribution in [1.29, 1.82) is 0 Å². The van der Waals surface area contributed by atoms with Gasteiger partial charge in [-0.25, -0.2) is 0 Å². The standard InChI is InChI=1S/C21H24N2O4S/c1-3-23(13-16-4-9-19-20(12-16)27-11-10-26-19)21(25)14-28-18-7-5-17(6-8-18)22-15(2)24/h4-9,12H,3,10-11,13-14H2,1-2H3,(H,22,24). The Labute approximate surface area is 169 Å². The minimum atomic E-state index is -0.103. The van der Waals surface area contributed by atoms with E-state index in [0.29, 0.717) is 32.1 Å². The summed E-state index contributed by atoms with van der Waals surface area (Å²) in [5, 5.41) is 2.73. The second-order valence-corrected chi connectivity index (χ2v) is 7.43. The number of thioether (sulfide) groups is 1. The number of benzene rings is 2. The summed E-state index contributed by atoms with van der Waals surface area (Å²) in [6.07, 6.45) is 0. The van der Waals surface area contributed by atoms with Crippen LogP contribution in [0.5, 0.6) is 11.5 Å². The molecule has 3 rings (SSSR count). The van der Waals surface area contributed by atoms with Crippen LogP contribution in [-0.4, -0.2) is 42.2 Å². The number of nitrogens with one attached hydrogen (secondary N) is 1. The zero-order chi connectivity index (χ0) is 19.9. The Kier molecular flexibility index (Phi) is 6.81. The Bertz CT molecular complexity index is 839. The number of hydrogen-bond donors (Lipinski definition) is 1. The first-order valence-electron chi connectivity index (χ1n) is 9.22. The molecule has 6 nitrogen and oxygen atoms in total. The van der Waals surface area contributed by atoms with Gasteiger partial charge in [0.2, 0.25) is 11.8 Å². The van der Waals surface area contributed by atoms with Crippen LogP contribution in [0.25, 0.3) is 0 Å². The van der Waals surface area contributed by atoms with Crippen molar-refractivity contribution >= 4 is 29.3 Å². The highest BCUT2D eigenvalue weighted by Gasteiger charge is 2.16. The van der Waals surface area contributed by atoms with E-state index in [1.165, 1.54) is 18.7 Å². The summed E-state index contributed by atoms with van der Waals surface area (Å²) in [4.78, 5) is 26.5. The highest BCUT2D eigenvalue weighted by atomic mass is 32.2. The van der Waals surface area contributed by atoms with E-state index in [0.717, 1.165) is 27.6 Å². The number of anilines is 1. The third-order valence-corrected chi connectivity index (χ3v) is 5.25. The summed E-state index contributed by atoms with van der Waals surface area (Å²) in [6.45, 7) is 5.73. The molecule has 1 N–H and O–H groups in total. The summed E-state index contributed by atoms with van der Waals surface area (Å²) >= 11 is 1.48. The van der Waals surface area contributed by atoms with Gasteiger partial charge in [-0.15, -0.1) is 11.8 Å². The van der Waals surface area contributed by atoms with Gasteiger partial charge in [0.15, 0.2) is 11.5 Å². The lowest BCUT2D eigenvalue weighted by atomic mass is 10.2. The van der Waals surface area contributed by atoms with Crippen molar-refractivity contribution in [3.8, 4) is 11.5 Å². The van der Waals surface area contributed by atoms with Gasteiger partial charge in [-0.2, -0.15) is 0 Å². The fourth-order valence-corrected chi connectivity index (χ4v) is 3.66. The number of hydrogen-bond acceptors (Lipinski definition) is 5. The number of fused-ring (bicyclic) bond motifs is 1. The van der Waals surface area contributed by atoms with Crippen molar-refractivity contribution in [1.82, 2.24) is 4.90 Å². The summed E-state index contributed by atoms with van der Waals surface area (Å²) in [7, 11) is 0. The zero-order valence-electron chi connectivity index (χ0n) is 16.1. The molecular formula is C21H24N2O4S. The van der Waals surface area contributed by atoms with Gasteiger partial charge < -0.3 is 19.7 Å². The lowest BCUT2D eigenvalue weighted by Gasteiger charge is -2.23. The van der Waals surface area contributed by atoms with E-state index >= 15 is 0 Å². The molecule has 0 bridgehead atoms. The lowest BCUT2D eigenvalue weighted by Crippen LogP contribution is -2.31. The molecule has 1 heterocycles. The molecular weight excluding hydrogens is 376 g/mol. The lowest BCUT2D eigenvalue weighted by molar-refractivity contribution is -0.128. The van der Waals surface area contributed by atoms with E-state index < -0.39 is 0 Å². The van der Waals surface area contributed by atoms with Gasteiger partial charge in [0.05, 0.1) is 5.75 Å². The van der Waals surface area contributed by atoms with Crippen LogP contribution >= 0.6 is 11.8 Å². The maximum atomic E-state index is 12.6. The van der Waals surface area contributed by atoms with Crippen LogP contribution in [0.2, 0.25) is 0 Å². The molecule has 1 aliphatic rings. The molecule has 0 unspecified atom stereocenters. The van der Waals surface area contributed by atoms with Crippen LogP contribution in [-0.2, 0) is 16.1 Å². The summed E-state index contributed by atoms with van der Waals surface area (Å²) in [5.41, 5.74) is 1.76. The fourth-order valence-electron chi connectivity index (χ4n) is 2.86. The molecule has 148 valence electrons. The average Bonchev–Trinajstić information content (AvgIpc) is 2.70. The molecule has 0 atom stereocenters. The third-order valence-electron chi connectivity index (χ3n) is 4.25. The molecule has 0 saturated carbocycles. The molecule has 2 aromatic carbocycles. The number of nitrogens with zero attached hydrogens (tertiary/aromatic N) is 1. The van der Waals surface area contributed by atoms with Gasteiger partial charge in [-0.05, 0) is 48.9 Å². The first-order valence-corrected chi connectivity index (χ1v) is 10.2. The van der Waals surface area contributed by atoms with Crippen LogP contribution in [0.4, 0.5) is 5.69 Å². The van der Waals surface area contributed by atoms with Crippen molar-refractivity contribution < 1.29 is 19.1 Å². The fraction of sp³-hybridized carbons (Fsp3) is 0.333. The second kappa shape index (κ2) is 9.50. The molecule has 0 spiro atoms. The first-order chi connectivity index (χ1) is 13.5. The van der Waals surface area contributed by atoms with E-state index in [9.17, 15) is 9.59 Å². The Balaban J connectivity index is 1.55. The maximum absolute atomic E-state index is 12.6. The Hall–Kier alpha value is -2.67. The van der Waals surface area contributed by atoms with E-state index in [2.05, 4.69) is 5.32 Å². The van der Waals surface area contributed by atoms with Crippen molar-refractivity contribution in [2.75, 3.05) is 30.8 Å². The highest BCUT2D eigenvalue weighted by molar-refractivity contribution is 8.00. The van der Waals surface area contributed by atoms with Crippen LogP contribution in [0, 0.1) is 0 Å². The van der Waals surface area contributed by atoms with Gasteiger partial charge in [0.1, 0.15) is 13.2 Å². The van der Waals surface area contributed by atoms with Crippen LogP contribution < -0.4 is 14.8 Å². The number of ether oxygens (including phenoxy) is 2. The number of rotatable bonds is 7. The Morgan fingerprint density at radius 2 is 1.79 bits per heavy atom. The zero-order valence-corrected chi connectivity index (χ0v) is 16.9. The summed E-state index contributed by atoms with van der Waals surface area (Å²) < 4.78 is 11.2. The molecule has 2 amide bonds. The van der Waals surface area contributed by atoms with Crippen molar-refractivity contribution in [2.24, 2.45) is 0 Å².